The van der Waals surface area contributed by atoms with Gasteiger partial charge >= 0.3 is 0 Å². The molecule has 1 atom stereocenters. The zero-order valence-corrected chi connectivity index (χ0v) is 19.1. The molecule has 0 aliphatic carbocycles. The normalized spacial score (nSPS) is 15.1. The summed E-state index contributed by atoms with van der Waals surface area (Å²) in [6.07, 6.45) is 2.83. The van der Waals surface area contributed by atoms with Crippen LogP contribution in [-0.4, -0.2) is 35.0 Å². The van der Waals surface area contributed by atoms with Crippen LogP contribution in [0.3, 0.4) is 0 Å². The summed E-state index contributed by atoms with van der Waals surface area (Å²) < 4.78 is 13.1. The van der Waals surface area contributed by atoms with E-state index in [0.717, 1.165) is 48.6 Å². The van der Waals surface area contributed by atoms with Crippen molar-refractivity contribution in [3.05, 3.63) is 77.2 Å². The molecule has 0 spiro atoms. The molecule has 2 N–H and O–H groups in total. The fraction of sp³-hybridized carbons (Fsp3) is 0.308. The molecule has 0 unspecified atom stereocenters. The van der Waals surface area contributed by atoms with Gasteiger partial charge in [0.1, 0.15) is 11.6 Å². The summed E-state index contributed by atoms with van der Waals surface area (Å²) >= 11 is 0. The van der Waals surface area contributed by atoms with Gasteiger partial charge in [0.15, 0.2) is 0 Å². The first-order valence-corrected chi connectivity index (χ1v) is 11.5. The maximum atomic E-state index is 13.1. The third-order valence-electron chi connectivity index (χ3n) is 5.67. The third kappa shape index (κ3) is 6.07. The highest BCUT2D eigenvalue weighted by atomic mass is 19.1. The number of nitrogens with zero attached hydrogens (tertiary/aromatic N) is 4. The van der Waals surface area contributed by atoms with Crippen LogP contribution in [0.4, 0.5) is 21.8 Å². The number of benzene rings is 2. The van der Waals surface area contributed by atoms with Crippen LogP contribution in [0.25, 0.3) is 0 Å². The van der Waals surface area contributed by atoms with E-state index in [1.54, 1.807) is 24.3 Å². The number of aryl methyl sites for hydroxylation is 1. The number of nitriles is 1. The van der Waals surface area contributed by atoms with E-state index in [-0.39, 0.29) is 24.2 Å². The highest BCUT2D eigenvalue weighted by Crippen LogP contribution is 2.23. The van der Waals surface area contributed by atoms with Crippen LogP contribution < -0.4 is 15.5 Å². The quantitative estimate of drug-likeness (QED) is 0.527. The molecule has 1 fully saturated rings. The van der Waals surface area contributed by atoms with Gasteiger partial charge in [-0.15, -0.1) is 0 Å². The second-order valence-corrected chi connectivity index (χ2v) is 8.41. The average molecular weight is 459 g/mol. The van der Waals surface area contributed by atoms with Gasteiger partial charge in [-0.25, -0.2) is 9.37 Å². The van der Waals surface area contributed by atoms with Crippen molar-refractivity contribution in [2.75, 3.05) is 23.3 Å². The number of anilines is 3. The molecular weight excluding hydrogens is 431 g/mol. The number of carbonyl (C=O) groups excluding carboxylic acids is 1. The van der Waals surface area contributed by atoms with Crippen LogP contribution >= 0.6 is 0 Å². The zero-order chi connectivity index (χ0) is 23.9. The maximum absolute atomic E-state index is 13.1. The summed E-state index contributed by atoms with van der Waals surface area (Å²) in [7, 11) is 0. The second kappa shape index (κ2) is 10.8. The Morgan fingerprint density at radius 1 is 1.21 bits per heavy atom. The lowest BCUT2D eigenvalue weighted by Crippen LogP contribution is -2.38. The van der Waals surface area contributed by atoms with Crippen molar-refractivity contribution < 1.29 is 9.18 Å². The van der Waals surface area contributed by atoms with Gasteiger partial charge in [0.2, 0.25) is 11.9 Å². The van der Waals surface area contributed by atoms with Crippen LogP contribution in [0.1, 0.15) is 36.6 Å². The fourth-order valence-electron chi connectivity index (χ4n) is 4.03. The molecule has 3 aromatic rings. The molecule has 0 bridgehead atoms. The third-order valence-corrected chi connectivity index (χ3v) is 5.67. The first-order valence-electron chi connectivity index (χ1n) is 11.5. The van der Waals surface area contributed by atoms with E-state index < -0.39 is 0 Å². The Morgan fingerprint density at radius 2 is 2.03 bits per heavy atom. The molecule has 1 aromatic heterocycles. The SMILES string of the molecule is CCCc1cc(N2CC[C@H](NC(=O)Cc3ccc(F)cc3)C2)nc(Nc2cccc(C#N)c2)n1. The standard InChI is InChI=1S/C26H27FN6O/c1-2-4-21-15-24(32-26(30-21)31-22-6-3-5-19(13-22)16-28)33-12-11-23(17-33)29-25(34)14-18-7-9-20(27)10-8-18/h3,5-10,13,15,23H,2,4,11-12,14,17H2,1H3,(H,29,34)(H,30,31,32)/t23-/m0/s1. The molecule has 4 rings (SSSR count). The molecule has 1 aliphatic rings. The number of hydrogen-bond donors (Lipinski definition) is 2. The van der Waals surface area contributed by atoms with Gasteiger partial charge in [-0.3, -0.25) is 4.79 Å². The van der Waals surface area contributed by atoms with Gasteiger partial charge in [-0.2, -0.15) is 10.2 Å². The van der Waals surface area contributed by atoms with Crippen LogP contribution in [0.15, 0.2) is 54.6 Å². The molecule has 34 heavy (non-hydrogen) atoms. The minimum Gasteiger partial charge on any atom is -0.354 e. The van der Waals surface area contributed by atoms with Crippen molar-refractivity contribution in [3.8, 4) is 6.07 Å². The Kier molecular flexibility index (Phi) is 7.33. The van der Waals surface area contributed by atoms with E-state index in [1.165, 1.54) is 12.1 Å². The Balaban J connectivity index is 1.43. The molecule has 2 aromatic carbocycles. The number of aromatic nitrogens is 2. The molecule has 1 saturated heterocycles. The first kappa shape index (κ1) is 23.2. The van der Waals surface area contributed by atoms with E-state index in [2.05, 4.69) is 33.5 Å². The van der Waals surface area contributed by atoms with E-state index in [0.29, 0.717) is 18.1 Å². The molecule has 1 amide bonds. The first-order chi connectivity index (χ1) is 16.5. The molecule has 174 valence electrons. The number of carbonyl (C=O) groups is 1. The minimum atomic E-state index is -0.311. The summed E-state index contributed by atoms with van der Waals surface area (Å²) in [6, 6.07) is 17.4. The van der Waals surface area contributed by atoms with Crippen LogP contribution in [-0.2, 0) is 17.6 Å². The van der Waals surface area contributed by atoms with E-state index in [9.17, 15) is 9.18 Å². The van der Waals surface area contributed by atoms with E-state index >= 15 is 0 Å². The van der Waals surface area contributed by atoms with Crippen molar-refractivity contribution in [1.29, 1.82) is 5.26 Å². The van der Waals surface area contributed by atoms with Gasteiger partial charge < -0.3 is 15.5 Å². The number of halogens is 1. The average Bonchev–Trinajstić information content (AvgIpc) is 3.29. The lowest BCUT2D eigenvalue weighted by atomic mass is 10.1. The Labute approximate surface area is 198 Å². The van der Waals surface area contributed by atoms with Crippen molar-refractivity contribution in [2.45, 2.75) is 38.6 Å². The molecule has 7 nitrogen and oxygen atoms in total. The summed E-state index contributed by atoms with van der Waals surface area (Å²) in [6.45, 7) is 3.53. The summed E-state index contributed by atoms with van der Waals surface area (Å²) in [5, 5.41) is 15.5. The minimum absolute atomic E-state index is 0.0151. The topological polar surface area (TPSA) is 93.9 Å². The van der Waals surface area contributed by atoms with Crippen molar-refractivity contribution in [3.63, 3.8) is 0 Å². The lowest BCUT2D eigenvalue weighted by Gasteiger charge is -2.20. The van der Waals surface area contributed by atoms with Crippen molar-refractivity contribution in [1.82, 2.24) is 15.3 Å². The number of amides is 1. The molecule has 1 aliphatic heterocycles. The molecule has 0 saturated carbocycles. The summed E-state index contributed by atoms with van der Waals surface area (Å²) in [4.78, 5) is 24.0. The van der Waals surface area contributed by atoms with Crippen molar-refractivity contribution >= 4 is 23.4 Å². The van der Waals surface area contributed by atoms with Gasteiger partial charge in [0.25, 0.3) is 0 Å². The van der Waals surface area contributed by atoms with Crippen LogP contribution in [0, 0.1) is 17.1 Å². The fourth-order valence-corrected chi connectivity index (χ4v) is 4.03. The maximum Gasteiger partial charge on any atom is 0.229 e. The predicted octanol–water partition coefficient (Wildman–Crippen LogP) is 4.12. The van der Waals surface area contributed by atoms with Gasteiger partial charge in [0.05, 0.1) is 18.1 Å². The number of hydrogen-bond acceptors (Lipinski definition) is 6. The van der Waals surface area contributed by atoms with E-state index in [1.807, 2.05) is 18.2 Å². The molecule has 8 heteroatoms. The molecular formula is C26H27FN6O. The highest BCUT2D eigenvalue weighted by Gasteiger charge is 2.25. The Bertz CT molecular complexity index is 1190. The zero-order valence-electron chi connectivity index (χ0n) is 19.1. The second-order valence-electron chi connectivity index (χ2n) is 8.41. The van der Waals surface area contributed by atoms with Gasteiger partial charge in [-0.1, -0.05) is 31.5 Å². The largest absolute Gasteiger partial charge is 0.354 e. The van der Waals surface area contributed by atoms with Gasteiger partial charge in [0, 0.05) is 36.6 Å². The van der Waals surface area contributed by atoms with Gasteiger partial charge in [-0.05, 0) is 48.7 Å². The van der Waals surface area contributed by atoms with Crippen LogP contribution in [0.2, 0.25) is 0 Å². The summed E-state index contributed by atoms with van der Waals surface area (Å²) in [5.74, 6) is 0.912. The Hall–Kier alpha value is -3.99. The lowest BCUT2D eigenvalue weighted by molar-refractivity contribution is -0.121. The monoisotopic (exact) mass is 458 g/mol. The Morgan fingerprint density at radius 3 is 2.79 bits per heavy atom. The van der Waals surface area contributed by atoms with E-state index in [4.69, 9.17) is 10.2 Å². The smallest absolute Gasteiger partial charge is 0.229 e. The van der Waals surface area contributed by atoms with Crippen molar-refractivity contribution in [2.24, 2.45) is 0 Å². The molecule has 2 heterocycles. The number of nitrogens with one attached hydrogen (secondary N) is 2. The summed E-state index contributed by atoms with van der Waals surface area (Å²) in [5.41, 5.74) is 3.04. The van der Waals surface area contributed by atoms with Crippen LogP contribution in [0.5, 0.6) is 0 Å². The molecule has 0 radical (unpaired) electrons. The predicted molar refractivity (Wildman–Crippen MR) is 129 cm³/mol. The highest BCUT2D eigenvalue weighted by molar-refractivity contribution is 5.79. The number of rotatable bonds is 8.